The van der Waals surface area contributed by atoms with Gasteiger partial charge in [-0.25, -0.2) is 0 Å². The lowest BCUT2D eigenvalue weighted by Gasteiger charge is -2.09. The molecule has 0 radical (unpaired) electrons. The maximum atomic E-state index is 11.2. The normalized spacial score (nSPS) is 9.80. The summed E-state index contributed by atoms with van der Waals surface area (Å²) in [4.78, 5) is 11.2. The highest BCUT2D eigenvalue weighted by Crippen LogP contribution is 2.21. The van der Waals surface area contributed by atoms with Crippen molar-refractivity contribution < 1.29 is 9.53 Å². The first kappa shape index (κ1) is 11.6. The SMILES string of the molecule is CCOc1ccc(NC(=O)CC)c(C)c1. The fourth-order valence-corrected chi connectivity index (χ4v) is 1.27. The number of anilines is 1. The molecule has 0 heterocycles. The minimum absolute atomic E-state index is 0.0299. The standard InChI is InChI=1S/C12H17NO2/c1-4-12(14)13-11-7-6-10(15-5-2)8-9(11)3/h6-8H,4-5H2,1-3H3,(H,13,14). The van der Waals surface area contributed by atoms with Gasteiger partial charge in [0.15, 0.2) is 0 Å². The van der Waals surface area contributed by atoms with Gasteiger partial charge in [-0.2, -0.15) is 0 Å². The van der Waals surface area contributed by atoms with E-state index in [1.165, 1.54) is 0 Å². The minimum atomic E-state index is 0.0299. The quantitative estimate of drug-likeness (QED) is 0.824. The Balaban J connectivity index is 2.78. The summed E-state index contributed by atoms with van der Waals surface area (Å²) in [6.45, 7) is 6.38. The van der Waals surface area contributed by atoms with Gasteiger partial charge in [0.2, 0.25) is 5.91 Å². The first-order valence-electron chi connectivity index (χ1n) is 5.20. The molecule has 0 saturated carbocycles. The van der Waals surface area contributed by atoms with Crippen LogP contribution in [0.5, 0.6) is 5.75 Å². The molecule has 15 heavy (non-hydrogen) atoms. The van der Waals surface area contributed by atoms with Gasteiger partial charge in [-0.15, -0.1) is 0 Å². The van der Waals surface area contributed by atoms with Gasteiger partial charge < -0.3 is 10.1 Å². The zero-order valence-electron chi connectivity index (χ0n) is 9.46. The molecule has 1 rings (SSSR count). The maximum absolute atomic E-state index is 11.2. The molecule has 3 nitrogen and oxygen atoms in total. The molecule has 0 aliphatic heterocycles. The van der Waals surface area contributed by atoms with Crippen molar-refractivity contribution in [3.05, 3.63) is 23.8 Å². The van der Waals surface area contributed by atoms with Crippen LogP contribution in [0.2, 0.25) is 0 Å². The molecule has 1 aromatic carbocycles. The topological polar surface area (TPSA) is 38.3 Å². The summed E-state index contributed by atoms with van der Waals surface area (Å²) in [5.41, 5.74) is 1.87. The molecule has 82 valence electrons. The average molecular weight is 207 g/mol. The van der Waals surface area contributed by atoms with Gasteiger partial charge >= 0.3 is 0 Å². The number of benzene rings is 1. The predicted octanol–water partition coefficient (Wildman–Crippen LogP) is 2.74. The van der Waals surface area contributed by atoms with Crippen molar-refractivity contribution >= 4 is 11.6 Å². The second-order valence-electron chi connectivity index (χ2n) is 3.31. The number of carbonyl (C=O) groups is 1. The van der Waals surface area contributed by atoms with Crippen LogP contribution in [0.15, 0.2) is 18.2 Å². The molecule has 1 N–H and O–H groups in total. The molecule has 0 spiro atoms. The van der Waals surface area contributed by atoms with Crippen molar-refractivity contribution in [1.82, 2.24) is 0 Å². The summed E-state index contributed by atoms with van der Waals surface area (Å²) in [6, 6.07) is 5.66. The van der Waals surface area contributed by atoms with E-state index in [1.807, 2.05) is 39.0 Å². The Hall–Kier alpha value is -1.51. The van der Waals surface area contributed by atoms with Crippen molar-refractivity contribution in [2.45, 2.75) is 27.2 Å². The number of carbonyl (C=O) groups excluding carboxylic acids is 1. The van der Waals surface area contributed by atoms with Gasteiger partial charge in [0.1, 0.15) is 5.75 Å². The smallest absolute Gasteiger partial charge is 0.224 e. The number of rotatable bonds is 4. The fraction of sp³-hybridized carbons (Fsp3) is 0.417. The van der Waals surface area contributed by atoms with Crippen LogP contribution in [0.3, 0.4) is 0 Å². The number of nitrogens with one attached hydrogen (secondary N) is 1. The van der Waals surface area contributed by atoms with Crippen LogP contribution < -0.4 is 10.1 Å². The Bertz CT molecular complexity index is 347. The highest BCUT2D eigenvalue weighted by molar-refractivity contribution is 5.91. The average Bonchev–Trinajstić information content (AvgIpc) is 2.22. The van der Waals surface area contributed by atoms with Crippen LogP contribution >= 0.6 is 0 Å². The summed E-state index contributed by atoms with van der Waals surface area (Å²) in [7, 11) is 0. The zero-order valence-corrected chi connectivity index (χ0v) is 9.46. The van der Waals surface area contributed by atoms with Gasteiger partial charge in [0.05, 0.1) is 6.61 Å². The summed E-state index contributed by atoms with van der Waals surface area (Å²) >= 11 is 0. The van der Waals surface area contributed by atoms with Crippen molar-refractivity contribution in [2.24, 2.45) is 0 Å². The highest BCUT2D eigenvalue weighted by atomic mass is 16.5. The van der Waals surface area contributed by atoms with Gasteiger partial charge in [0, 0.05) is 12.1 Å². The van der Waals surface area contributed by atoms with Gasteiger partial charge in [0.25, 0.3) is 0 Å². The van der Waals surface area contributed by atoms with Gasteiger partial charge in [-0.1, -0.05) is 6.92 Å². The molecule has 0 fully saturated rings. The van der Waals surface area contributed by atoms with E-state index in [9.17, 15) is 4.79 Å². The molecule has 0 saturated heterocycles. The minimum Gasteiger partial charge on any atom is -0.494 e. The molecule has 0 unspecified atom stereocenters. The molecule has 3 heteroatoms. The van der Waals surface area contributed by atoms with Gasteiger partial charge in [-0.3, -0.25) is 4.79 Å². The van der Waals surface area contributed by atoms with E-state index in [-0.39, 0.29) is 5.91 Å². The van der Waals surface area contributed by atoms with Crippen molar-refractivity contribution in [2.75, 3.05) is 11.9 Å². The number of ether oxygens (including phenoxy) is 1. The van der Waals surface area contributed by atoms with E-state index in [4.69, 9.17) is 4.74 Å². The molecule has 0 bridgehead atoms. The largest absolute Gasteiger partial charge is 0.494 e. The Morgan fingerprint density at radius 1 is 1.40 bits per heavy atom. The first-order chi connectivity index (χ1) is 7.17. The van der Waals surface area contributed by atoms with Crippen LogP contribution in [0.25, 0.3) is 0 Å². The number of hydrogen-bond acceptors (Lipinski definition) is 2. The first-order valence-corrected chi connectivity index (χ1v) is 5.20. The second-order valence-corrected chi connectivity index (χ2v) is 3.31. The van der Waals surface area contributed by atoms with Crippen LogP contribution in [0, 0.1) is 6.92 Å². The summed E-state index contributed by atoms with van der Waals surface area (Å²) < 4.78 is 5.36. The molecule has 0 aromatic heterocycles. The van der Waals surface area contributed by atoms with Crippen LogP contribution in [0.4, 0.5) is 5.69 Å². The molecule has 1 amide bonds. The lowest BCUT2D eigenvalue weighted by Crippen LogP contribution is -2.10. The van der Waals surface area contributed by atoms with E-state index in [0.717, 1.165) is 17.0 Å². The van der Waals surface area contributed by atoms with Crippen LogP contribution in [-0.2, 0) is 4.79 Å². The predicted molar refractivity (Wildman–Crippen MR) is 61.3 cm³/mol. The third kappa shape index (κ3) is 3.27. The van der Waals surface area contributed by atoms with E-state index >= 15 is 0 Å². The molecule has 0 aliphatic carbocycles. The Kier molecular flexibility index (Phi) is 4.16. The monoisotopic (exact) mass is 207 g/mol. The number of hydrogen-bond donors (Lipinski definition) is 1. The third-order valence-electron chi connectivity index (χ3n) is 2.10. The second kappa shape index (κ2) is 5.39. The fourth-order valence-electron chi connectivity index (χ4n) is 1.27. The number of aryl methyl sites for hydroxylation is 1. The van der Waals surface area contributed by atoms with E-state index in [2.05, 4.69) is 5.32 Å². The van der Waals surface area contributed by atoms with E-state index < -0.39 is 0 Å². The van der Waals surface area contributed by atoms with Gasteiger partial charge in [-0.05, 0) is 37.6 Å². The Labute approximate surface area is 90.4 Å². The molecular weight excluding hydrogens is 190 g/mol. The van der Waals surface area contributed by atoms with Crippen molar-refractivity contribution in [3.63, 3.8) is 0 Å². The lowest BCUT2D eigenvalue weighted by molar-refractivity contribution is -0.115. The molecule has 0 atom stereocenters. The van der Waals surface area contributed by atoms with E-state index in [1.54, 1.807) is 0 Å². The lowest BCUT2D eigenvalue weighted by atomic mass is 10.2. The van der Waals surface area contributed by atoms with Crippen LogP contribution in [-0.4, -0.2) is 12.5 Å². The Morgan fingerprint density at radius 3 is 2.67 bits per heavy atom. The van der Waals surface area contributed by atoms with Crippen molar-refractivity contribution in [3.8, 4) is 5.75 Å². The molecule has 0 aliphatic rings. The number of amides is 1. The summed E-state index contributed by atoms with van der Waals surface area (Å²) in [6.07, 6.45) is 0.493. The van der Waals surface area contributed by atoms with E-state index in [0.29, 0.717) is 13.0 Å². The van der Waals surface area contributed by atoms with Crippen molar-refractivity contribution in [1.29, 1.82) is 0 Å². The molecular formula is C12H17NO2. The summed E-state index contributed by atoms with van der Waals surface area (Å²) in [5, 5.41) is 2.83. The molecule has 1 aromatic rings. The zero-order chi connectivity index (χ0) is 11.3. The maximum Gasteiger partial charge on any atom is 0.224 e. The Morgan fingerprint density at radius 2 is 2.13 bits per heavy atom. The highest BCUT2D eigenvalue weighted by Gasteiger charge is 2.03. The van der Waals surface area contributed by atoms with Crippen LogP contribution in [0.1, 0.15) is 25.8 Å². The summed E-state index contributed by atoms with van der Waals surface area (Å²) in [5.74, 6) is 0.867. The third-order valence-corrected chi connectivity index (χ3v) is 2.10.